The first-order chi connectivity index (χ1) is 2.56. The van der Waals surface area contributed by atoms with E-state index in [1.165, 1.54) is 0 Å². The third-order valence-electron chi connectivity index (χ3n) is 0.474. The Hall–Kier alpha value is 0.0800. The standard InChI is InChI=1S/C5H11P/c1-5-6(2,3)4/h1H2,2-4H3. The monoisotopic (exact) mass is 102 g/mol. The molecule has 0 atom stereocenters. The van der Waals surface area contributed by atoms with Crippen LogP contribution >= 0.6 is 6.89 Å². The predicted molar refractivity (Wildman–Crippen MR) is 35.3 cm³/mol. The van der Waals surface area contributed by atoms with Gasteiger partial charge in [-0.2, -0.15) is 0 Å². The van der Waals surface area contributed by atoms with Crippen molar-refractivity contribution in [3.8, 4) is 0 Å². The average Bonchev–Trinajstić information content (AvgIpc) is 1.35. The highest BCUT2D eigenvalue weighted by molar-refractivity contribution is 7.72. The minimum absolute atomic E-state index is 0.758. The van der Waals surface area contributed by atoms with E-state index in [0.717, 1.165) is 0 Å². The van der Waals surface area contributed by atoms with Crippen LogP contribution in [0.1, 0.15) is 0 Å². The average molecular weight is 102 g/mol. The van der Waals surface area contributed by atoms with Gasteiger partial charge >= 0.3 is 0 Å². The van der Waals surface area contributed by atoms with Gasteiger partial charge in [0.2, 0.25) is 0 Å². The van der Waals surface area contributed by atoms with E-state index in [0.29, 0.717) is 0 Å². The van der Waals surface area contributed by atoms with Crippen molar-refractivity contribution in [2.24, 2.45) is 0 Å². The summed E-state index contributed by atoms with van der Waals surface area (Å²) in [7, 11) is 0. The molecule has 0 amide bonds. The molecule has 1 heteroatoms. The SMILES string of the molecule is C=C=P(C)(C)C. The maximum Gasteiger partial charge on any atom is -0.0384 e. The molecule has 0 unspecified atom stereocenters. The Balaban J connectivity index is 4.21. The summed E-state index contributed by atoms with van der Waals surface area (Å²) in [4.78, 5) is 0. The number of rotatable bonds is 0. The first kappa shape index (κ1) is 6.08. The van der Waals surface area contributed by atoms with Gasteiger partial charge in [0.15, 0.2) is 0 Å². The lowest BCUT2D eigenvalue weighted by Crippen LogP contribution is -1.66. The summed E-state index contributed by atoms with van der Waals surface area (Å²) < 4.78 is 0. The van der Waals surface area contributed by atoms with Crippen LogP contribution in [-0.2, 0) is 0 Å². The predicted octanol–water partition coefficient (Wildman–Crippen LogP) is 1.48. The third kappa shape index (κ3) is 4.08. The van der Waals surface area contributed by atoms with Gasteiger partial charge in [-0.1, -0.05) is 13.5 Å². The van der Waals surface area contributed by atoms with Gasteiger partial charge in [-0.05, 0) is 20.0 Å². The Morgan fingerprint density at radius 3 is 1.50 bits per heavy atom. The molecule has 0 aromatic carbocycles. The second kappa shape index (κ2) is 1.69. The second-order valence-electron chi connectivity index (χ2n) is 2.17. The summed E-state index contributed by atoms with van der Waals surface area (Å²) in [6.45, 7) is 9.34. The first-order valence-electron chi connectivity index (χ1n) is 1.92. The highest BCUT2D eigenvalue weighted by atomic mass is 31.2. The van der Waals surface area contributed by atoms with Crippen LogP contribution in [0.2, 0.25) is 0 Å². The second-order valence-corrected chi connectivity index (χ2v) is 6.51. The lowest BCUT2D eigenvalue weighted by molar-refractivity contribution is 2.11. The van der Waals surface area contributed by atoms with Gasteiger partial charge in [-0.25, -0.2) is 0 Å². The highest BCUT2D eigenvalue weighted by Gasteiger charge is 1.83. The van der Waals surface area contributed by atoms with Crippen LogP contribution in [0.5, 0.6) is 0 Å². The molecule has 0 aliphatic carbocycles. The molecule has 0 radical (unpaired) electrons. The van der Waals surface area contributed by atoms with Gasteiger partial charge in [-0.15, -0.1) is 5.45 Å². The van der Waals surface area contributed by atoms with E-state index in [9.17, 15) is 0 Å². The van der Waals surface area contributed by atoms with E-state index in [1.54, 1.807) is 0 Å². The normalized spacial score (nSPS) is 10.5. The van der Waals surface area contributed by atoms with E-state index in [1.807, 2.05) is 0 Å². The molecule has 0 aliphatic rings. The van der Waals surface area contributed by atoms with Crippen molar-refractivity contribution in [1.82, 2.24) is 0 Å². The van der Waals surface area contributed by atoms with Crippen molar-refractivity contribution in [1.29, 1.82) is 0 Å². The molecule has 6 heavy (non-hydrogen) atoms. The van der Waals surface area contributed by atoms with Crippen molar-refractivity contribution in [3.63, 3.8) is 0 Å². The maximum atomic E-state index is 3.56. The minimum atomic E-state index is -0.758. The van der Waals surface area contributed by atoms with Gasteiger partial charge in [0.25, 0.3) is 0 Å². The van der Waals surface area contributed by atoms with Crippen molar-refractivity contribution >= 4 is 12.3 Å². The molecular formula is C5H11P. The van der Waals surface area contributed by atoms with Crippen molar-refractivity contribution in [2.75, 3.05) is 20.0 Å². The molecular weight excluding hydrogens is 91.0 g/mol. The zero-order valence-corrected chi connectivity index (χ0v) is 5.55. The minimum Gasteiger partial charge on any atom is -0.135 e. The molecule has 0 bridgehead atoms. The Labute approximate surface area is 39.9 Å². The molecule has 0 saturated carbocycles. The summed E-state index contributed by atoms with van der Waals surface area (Å²) in [6.07, 6.45) is 0. The Morgan fingerprint density at radius 1 is 1.33 bits per heavy atom. The van der Waals surface area contributed by atoms with Gasteiger partial charge in [0.05, 0.1) is 0 Å². The fraction of sp³-hybridized carbons (Fsp3) is 0.600. The van der Waals surface area contributed by atoms with Gasteiger partial charge in [0, 0.05) is 0 Å². The zero-order chi connectivity index (χ0) is 5.21. The summed E-state index contributed by atoms with van der Waals surface area (Å²) in [5.41, 5.74) is 2.97. The molecule has 0 spiro atoms. The molecule has 0 saturated heterocycles. The Bertz CT molecular complexity index is 92.8. The summed E-state index contributed by atoms with van der Waals surface area (Å²) in [6, 6.07) is 0. The maximum absolute atomic E-state index is 3.56. The van der Waals surface area contributed by atoms with Crippen LogP contribution in [0, 0.1) is 0 Å². The molecule has 0 fully saturated rings. The van der Waals surface area contributed by atoms with Crippen LogP contribution < -0.4 is 0 Å². The smallest absolute Gasteiger partial charge is 0.0384 e. The van der Waals surface area contributed by atoms with E-state index < -0.39 is 6.89 Å². The number of hydrogen-bond acceptors (Lipinski definition) is 0. The third-order valence-corrected chi connectivity index (χ3v) is 1.42. The van der Waals surface area contributed by atoms with Gasteiger partial charge in [0.1, 0.15) is 0 Å². The van der Waals surface area contributed by atoms with Crippen LogP contribution in [-0.4, -0.2) is 25.4 Å². The molecule has 36 valence electrons. The Kier molecular flexibility index (Phi) is 1.71. The molecule has 0 aromatic rings. The molecule has 0 nitrogen and oxygen atoms in total. The quantitative estimate of drug-likeness (QED) is 0.406. The van der Waals surface area contributed by atoms with E-state index >= 15 is 0 Å². The first-order valence-corrected chi connectivity index (χ1v) is 5.05. The van der Waals surface area contributed by atoms with Crippen molar-refractivity contribution < 1.29 is 0 Å². The Morgan fingerprint density at radius 2 is 1.50 bits per heavy atom. The molecule has 0 aliphatic heterocycles. The fourth-order valence-electron chi connectivity index (χ4n) is 0. The zero-order valence-electron chi connectivity index (χ0n) is 4.65. The molecule has 0 rings (SSSR count). The van der Waals surface area contributed by atoms with Crippen molar-refractivity contribution in [2.45, 2.75) is 0 Å². The van der Waals surface area contributed by atoms with Gasteiger partial charge < -0.3 is 0 Å². The van der Waals surface area contributed by atoms with Gasteiger partial charge in [-0.3, -0.25) is 0 Å². The largest absolute Gasteiger partial charge is 0.135 e. The van der Waals surface area contributed by atoms with Crippen LogP contribution in [0.4, 0.5) is 0 Å². The molecule has 0 heterocycles. The summed E-state index contributed by atoms with van der Waals surface area (Å²) in [5, 5.41) is 0. The lowest BCUT2D eigenvalue weighted by Gasteiger charge is -1.96. The highest BCUT2D eigenvalue weighted by Crippen LogP contribution is 2.28. The molecule has 0 aromatic heterocycles. The summed E-state index contributed by atoms with van der Waals surface area (Å²) in [5.74, 6) is 0. The van der Waals surface area contributed by atoms with E-state index in [-0.39, 0.29) is 0 Å². The van der Waals surface area contributed by atoms with Crippen LogP contribution in [0.15, 0.2) is 6.58 Å². The van der Waals surface area contributed by atoms with Crippen LogP contribution in [0.3, 0.4) is 0 Å². The number of hydrogen-bond donors (Lipinski definition) is 0. The van der Waals surface area contributed by atoms with E-state index in [2.05, 4.69) is 32.0 Å². The van der Waals surface area contributed by atoms with E-state index in [4.69, 9.17) is 0 Å². The van der Waals surface area contributed by atoms with Crippen LogP contribution in [0.25, 0.3) is 0 Å². The summed E-state index contributed by atoms with van der Waals surface area (Å²) >= 11 is 0. The topological polar surface area (TPSA) is 0 Å². The van der Waals surface area contributed by atoms with Crippen molar-refractivity contribution in [3.05, 3.63) is 6.58 Å². The fourth-order valence-corrected chi connectivity index (χ4v) is 0. The lowest BCUT2D eigenvalue weighted by atomic mass is 11.3. The molecule has 0 N–H and O–H groups in total.